The standard InChI is InChI=1S/C15H23NOS/c1-2-16-14(5-3-11-7-8-18-10-11)13-9-12-4-6-15(13)17-12/h7-8,10,12-16H,2-6,9H2,1H3. The number of rotatable bonds is 6. The molecule has 0 spiro atoms. The van der Waals surface area contributed by atoms with E-state index in [2.05, 4.69) is 29.1 Å². The lowest BCUT2D eigenvalue weighted by atomic mass is 9.82. The summed E-state index contributed by atoms with van der Waals surface area (Å²) in [5.41, 5.74) is 1.49. The van der Waals surface area contributed by atoms with Gasteiger partial charge in [-0.1, -0.05) is 6.92 Å². The molecule has 0 radical (unpaired) electrons. The molecule has 4 unspecified atom stereocenters. The van der Waals surface area contributed by atoms with E-state index < -0.39 is 0 Å². The quantitative estimate of drug-likeness (QED) is 0.852. The van der Waals surface area contributed by atoms with E-state index in [9.17, 15) is 0 Å². The maximum absolute atomic E-state index is 6.01. The summed E-state index contributed by atoms with van der Waals surface area (Å²) in [5.74, 6) is 0.752. The molecule has 2 saturated heterocycles. The van der Waals surface area contributed by atoms with Gasteiger partial charge >= 0.3 is 0 Å². The molecular weight excluding hydrogens is 242 g/mol. The smallest absolute Gasteiger partial charge is 0.0623 e. The van der Waals surface area contributed by atoms with Crippen LogP contribution in [-0.2, 0) is 11.2 Å². The van der Waals surface area contributed by atoms with E-state index in [4.69, 9.17) is 4.74 Å². The predicted octanol–water partition coefficient (Wildman–Crippen LogP) is 3.23. The molecule has 3 rings (SSSR count). The Morgan fingerprint density at radius 1 is 1.50 bits per heavy atom. The summed E-state index contributed by atoms with van der Waals surface area (Å²) < 4.78 is 6.01. The van der Waals surface area contributed by atoms with Gasteiger partial charge in [0.25, 0.3) is 0 Å². The van der Waals surface area contributed by atoms with Crippen molar-refractivity contribution < 1.29 is 4.74 Å². The second kappa shape index (κ2) is 5.72. The summed E-state index contributed by atoms with van der Waals surface area (Å²) in [6.45, 7) is 3.29. The SMILES string of the molecule is CCNC(CCc1ccsc1)C1CC2CCC1O2. The lowest BCUT2D eigenvalue weighted by molar-refractivity contribution is 0.0851. The normalized spacial score (nSPS) is 31.9. The fraction of sp³-hybridized carbons (Fsp3) is 0.733. The molecule has 0 amide bonds. The molecule has 2 aliphatic heterocycles. The van der Waals surface area contributed by atoms with Crippen molar-refractivity contribution in [2.24, 2.45) is 5.92 Å². The lowest BCUT2D eigenvalue weighted by Crippen LogP contribution is -2.41. The van der Waals surface area contributed by atoms with Crippen LogP contribution in [0.3, 0.4) is 0 Å². The summed E-state index contributed by atoms with van der Waals surface area (Å²) in [5, 5.41) is 8.15. The van der Waals surface area contributed by atoms with Crippen molar-refractivity contribution >= 4 is 11.3 Å². The molecule has 2 aliphatic rings. The first-order valence-corrected chi connectivity index (χ1v) is 8.21. The molecule has 2 nitrogen and oxygen atoms in total. The third-order valence-electron chi connectivity index (χ3n) is 4.46. The van der Waals surface area contributed by atoms with E-state index in [1.165, 1.54) is 37.7 Å². The van der Waals surface area contributed by atoms with Crippen LogP contribution in [0.15, 0.2) is 16.8 Å². The van der Waals surface area contributed by atoms with Crippen LogP contribution >= 0.6 is 11.3 Å². The number of thiophene rings is 1. The summed E-state index contributed by atoms with van der Waals surface area (Å²) in [4.78, 5) is 0. The molecule has 0 aliphatic carbocycles. The van der Waals surface area contributed by atoms with Crippen LogP contribution < -0.4 is 5.32 Å². The number of hydrogen-bond acceptors (Lipinski definition) is 3. The Morgan fingerprint density at radius 3 is 3.06 bits per heavy atom. The average molecular weight is 265 g/mol. The van der Waals surface area contributed by atoms with Crippen molar-refractivity contribution in [1.29, 1.82) is 0 Å². The van der Waals surface area contributed by atoms with Crippen molar-refractivity contribution in [2.75, 3.05) is 6.54 Å². The Morgan fingerprint density at radius 2 is 2.44 bits per heavy atom. The van der Waals surface area contributed by atoms with E-state index in [1.807, 2.05) is 0 Å². The van der Waals surface area contributed by atoms with Crippen LogP contribution in [-0.4, -0.2) is 24.8 Å². The second-order valence-electron chi connectivity index (χ2n) is 5.61. The maximum atomic E-state index is 6.01. The Balaban J connectivity index is 1.58. The number of nitrogens with one attached hydrogen (secondary N) is 1. The first kappa shape index (κ1) is 12.6. The number of fused-ring (bicyclic) bond motifs is 2. The predicted molar refractivity (Wildman–Crippen MR) is 76.1 cm³/mol. The van der Waals surface area contributed by atoms with Crippen LogP contribution in [0.1, 0.15) is 38.2 Å². The van der Waals surface area contributed by atoms with E-state index >= 15 is 0 Å². The first-order valence-electron chi connectivity index (χ1n) is 7.26. The van der Waals surface area contributed by atoms with Gasteiger partial charge in [-0.25, -0.2) is 0 Å². The molecule has 100 valence electrons. The summed E-state index contributed by atoms with van der Waals surface area (Å²) in [7, 11) is 0. The molecule has 4 atom stereocenters. The van der Waals surface area contributed by atoms with Gasteiger partial charge in [-0.05, 0) is 61.0 Å². The Hall–Kier alpha value is -0.380. The zero-order chi connectivity index (χ0) is 12.4. The topological polar surface area (TPSA) is 21.3 Å². The van der Waals surface area contributed by atoms with E-state index in [-0.39, 0.29) is 0 Å². The van der Waals surface area contributed by atoms with Gasteiger partial charge in [0.05, 0.1) is 12.2 Å². The maximum Gasteiger partial charge on any atom is 0.0623 e. The number of ether oxygens (including phenoxy) is 1. The molecule has 3 heteroatoms. The summed E-state index contributed by atoms with van der Waals surface area (Å²) >= 11 is 1.80. The minimum Gasteiger partial charge on any atom is -0.375 e. The van der Waals surface area contributed by atoms with Gasteiger partial charge in [0.15, 0.2) is 0 Å². The third kappa shape index (κ3) is 2.63. The van der Waals surface area contributed by atoms with Crippen molar-refractivity contribution in [3.63, 3.8) is 0 Å². The van der Waals surface area contributed by atoms with Crippen molar-refractivity contribution in [2.45, 2.75) is 57.3 Å². The molecule has 0 saturated carbocycles. The summed E-state index contributed by atoms with van der Waals surface area (Å²) in [6, 6.07) is 2.90. The van der Waals surface area contributed by atoms with Gasteiger partial charge in [-0.3, -0.25) is 0 Å². The molecule has 3 heterocycles. The zero-order valence-electron chi connectivity index (χ0n) is 11.1. The molecule has 2 fully saturated rings. The van der Waals surface area contributed by atoms with Gasteiger partial charge in [-0.15, -0.1) is 0 Å². The molecule has 18 heavy (non-hydrogen) atoms. The zero-order valence-corrected chi connectivity index (χ0v) is 11.9. The van der Waals surface area contributed by atoms with Crippen LogP contribution in [0.5, 0.6) is 0 Å². The van der Waals surface area contributed by atoms with Crippen molar-refractivity contribution in [3.05, 3.63) is 22.4 Å². The van der Waals surface area contributed by atoms with Crippen LogP contribution in [0, 0.1) is 5.92 Å². The fourth-order valence-electron chi connectivity index (χ4n) is 3.59. The second-order valence-corrected chi connectivity index (χ2v) is 6.39. The van der Waals surface area contributed by atoms with E-state index in [1.54, 1.807) is 11.3 Å². The molecular formula is C15H23NOS. The molecule has 0 aromatic carbocycles. The van der Waals surface area contributed by atoms with Gasteiger partial charge in [0, 0.05) is 12.0 Å². The van der Waals surface area contributed by atoms with Crippen LogP contribution in [0.4, 0.5) is 0 Å². The largest absolute Gasteiger partial charge is 0.375 e. The van der Waals surface area contributed by atoms with Crippen LogP contribution in [0.2, 0.25) is 0 Å². The molecule has 2 bridgehead atoms. The highest BCUT2D eigenvalue weighted by atomic mass is 32.1. The minimum atomic E-state index is 0.543. The highest BCUT2D eigenvalue weighted by Crippen LogP contribution is 2.41. The lowest BCUT2D eigenvalue weighted by Gasteiger charge is -2.29. The minimum absolute atomic E-state index is 0.543. The average Bonchev–Trinajstić information content (AvgIpc) is 3.10. The van der Waals surface area contributed by atoms with Gasteiger partial charge in [-0.2, -0.15) is 11.3 Å². The van der Waals surface area contributed by atoms with E-state index in [0.29, 0.717) is 18.2 Å². The highest BCUT2D eigenvalue weighted by molar-refractivity contribution is 7.07. The van der Waals surface area contributed by atoms with Gasteiger partial charge in [0.2, 0.25) is 0 Å². The van der Waals surface area contributed by atoms with Crippen LogP contribution in [0.25, 0.3) is 0 Å². The molecule has 1 aromatic rings. The molecule has 1 N–H and O–H groups in total. The monoisotopic (exact) mass is 265 g/mol. The Bertz CT molecular complexity index is 365. The number of aryl methyl sites for hydroxylation is 1. The van der Waals surface area contributed by atoms with Gasteiger partial charge < -0.3 is 10.1 Å². The summed E-state index contributed by atoms with van der Waals surface area (Å²) in [6.07, 6.45) is 7.44. The molecule has 1 aromatic heterocycles. The van der Waals surface area contributed by atoms with E-state index in [0.717, 1.165) is 12.5 Å². The Kier molecular flexibility index (Phi) is 4.02. The van der Waals surface area contributed by atoms with Crippen molar-refractivity contribution in [3.8, 4) is 0 Å². The third-order valence-corrected chi connectivity index (χ3v) is 5.19. The number of hydrogen-bond donors (Lipinski definition) is 1. The first-order chi connectivity index (χ1) is 8.86. The van der Waals surface area contributed by atoms with Gasteiger partial charge in [0.1, 0.15) is 0 Å². The fourth-order valence-corrected chi connectivity index (χ4v) is 4.29. The highest BCUT2D eigenvalue weighted by Gasteiger charge is 2.43. The Labute approximate surface area is 114 Å². The van der Waals surface area contributed by atoms with Crippen molar-refractivity contribution in [1.82, 2.24) is 5.32 Å².